The van der Waals surface area contributed by atoms with Gasteiger partial charge in [0, 0.05) is 18.7 Å². The van der Waals surface area contributed by atoms with Crippen LogP contribution in [0.4, 0.5) is 8.78 Å². The van der Waals surface area contributed by atoms with Crippen LogP contribution in [0.5, 0.6) is 5.75 Å². The molecule has 0 radical (unpaired) electrons. The minimum Gasteiger partial charge on any atom is -0.435 e. The molecule has 1 saturated carbocycles. The third kappa shape index (κ3) is 5.74. The lowest BCUT2D eigenvalue weighted by atomic mass is 10.2. The second kappa shape index (κ2) is 8.66. The molecule has 1 aliphatic carbocycles. The number of benzene rings is 2. The first kappa shape index (κ1) is 20.2. The fourth-order valence-electron chi connectivity index (χ4n) is 2.55. The zero-order valence-electron chi connectivity index (χ0n) is 14.9. The summed E-state index contributed by atoms with van der Waals surface area (Å²) in [5.41, 5.74) is 0.760. The van der Waals surface area contributed by atoms with Gasteiger partial charge in [-0.25, -0.2) is 13.1 Å². The smallest absolute Gasteiger partial charge is 0.387 e. The number of hydrogen-bond acceptors (Lipinski definition) is 4. The number of alkyl halides is 2. The SMILES string of the molecule is O=C(NCc1cccc(OC(F)F)c1)c1cccc(S(=O)(=O)NCC2CC2)c1. The first-order valence-corrected chi connectivity index (χ1v) is 10.2. The average Bonchev–Trinajstić information content (AvgIpc) is 3.49. The quantitative estimate of drug-likeness (QED) is 0.666. The normalized spacial score (nSPS) is 14.1. The van der Waals surface area contributed by atoms with Gasteiger partial charge in [-0.3, -0.25) is 4.79 Å². The molecule has 2 aromatic rings. The molecule has 1 fully saturated rings. The highest BCUT2D eigenvalue weighted by Gasteiger charge is 2.24. The minimum absolute atomic E-state index is 0.00317. The molecule has 0 bridgehead atoms. The van der Waals surface area contributed by atoms with Gasteiger partial charge in [-0.05, 0) is 54.7 Å². The maximum Gasteiger partial charge on any atom is 0.387 e. The number of rotatable bonds is 9. The van der Waals surface area contributed by atoms with E-state index in [9.17, 15) is 22.0 Å². The van der Waals surface area contributed by atoms with E-state index in [-0.39, 0.29) is 22.8 Å². The Bertz CT molecular complexity index is 946. The van der Waals surface area contributed by atoms with Crippen molar-refractivity contribution in [2.75, 3.05) is 6.54 Å². The predicted octanol–water partition coefficient (Wildman–Crippen LogP) is 2.91. The van der Waals surface area contributed by atoms with Gasteiger partial charge < -0.3 is 10.1 Å². The number of sulfonamides is 1. The summed E-state index contributed by atoms with van der Waals surface area (Å²) in [5, 5.41) is 2.64. The molecule has 1 aliphatic rings. The van der Waals surface area contributed by atoms with Gasteiger partial charge in [0.2, 0.25) is 10.0 Å². The first-order valence-electron chi connectivity index (χ1n) is 8.75. The largest absolute Gasteiger partial charge is 0.435 e. The molecule has 0 heterocycles. The van der Waals surface area contributed by atoms with E-state index < -0.39 is 22.5 Å². The molecule has 2 N–H and O–H groups in total. The standard InChI is InChI=1S/C19H20F2N2O4S/c20-19(21)27-16-5-1-3-14(9-16)11-22-18(24)15-4-2-6-17(10-15)28(25,26)23-12-13-7-8-13/h1-6,9-10,13,19,23H,7-8,11-12H2,(H,22,24). The van der Waals surface area contributed by atoms with Crippen molar-refractivity contribution in [2.45, 2.75) is 30.9 Å². The maximum absolute atomic E-state index is 12.4. The second-order valence-electron chi connectivity index (χ2n) is 6.53. The minimum atomic E-state index is -3.67. The van der Waals surface area contributed by atoms with Crippen LogP contribution in [0.2, 0.25) is 0 Å². The molecule has 6 nitrogen and oxygen atoms in total. The number of nitrogens with one attached hydrogen (secondary N) is 2. The van der Waals surface area contributed by atoms with E-state index in [1.54, 1.807) is 6.07 Å². The number of carbonyl (C=O) groups is 1. The summed E-state index contributed by atoms with van der Waals surface area (Å²) in [6.07, 6.45) is 2.04. The lowest BCUT2D eigenvalue weighted by molar-refractivity contribution is -0.0498. The number of amides is 1. The van der Waals surface area contributed by atoms with Crippen LogP contribution in [0.1, 0.15) is 28.8 Å². The molecule has 0 aromatic heterocycles. The van der Waals surface area contributed by atoms with Gasteiger partial charge in [0.25, 0.3) is 5.91 Å². The topological polar surface area (TPSA) is 84.5 Å². The van der Waals surface area contributed by atoms with Crippen LogP contribution in [-0.2, 0) is 16.6 Å². The fourth-order valence-corrected chi connectivity index (χ4v) is 3.72. The molecule has 3 rings (SSSR count). The van der Waals surface area contributed by atoms with Crippen LogP contribution in [0.15, 0.2) is 53.4 Å². The van der Waals surface area contributed by atoms with Gasteiger partial charge in [0.05, 0.1) is 4.90 Å². The number of ether oxygens (including phenoxy) is 1. The summed E-state index contributed by atoms with van der Waals surface area (Å²) in [6, 6.07) is 11.7. The molecule has 0 saturated heterocycles. The van der Waals surface area contributed by atoms with Crippen LogP contribution in [-0.4, -0.2) is 27.5 Å². The lowest BCUT2D eigenvalue weighted by Crippen LogP contribution is -2.27. The van der Waals surface area contributed by atoms with Crippen molar-refractivity contribution in [3.63, 3.8) is 0 Å². The van der Waals surface area contributed by atoms with E-state index >= 15 is 0 Å². The van der Waals surface area contributed by atoms with Crippen molar-refractivity contribution in [3.05, 3.63) is 59.7 Å². The van der Waals surface area contributed by atoms with Crippen molar-refractivity contribution in [1.29, 1.82) is 0 Å². The summed E-state index contributed by atoms with van der Waals surface area (Å²) in [5.74, 6) is -0.0814. The molecule has 150 valence electrons. The monoisotopic (exact) mass is 410 g/mol. The summed E-state index contributed by atoms with van der Waals surface area (Å²) < 4.78 is 56.1. The number of hydrogen-bond donors (Lipinski definition) is 2. The van der Waals surface area contributed by atoms with E-state index in [0.29, 0.717) is 18.0 Å². The molecule has 1 amide bonds. The number of carbonyl (C=O) groups excluding carboxylic acids is 1. The molecule has 0 unspecified atom stereocenters. The Morgan fingerprint density at radius 3 is 2.61 bits per heavy atom. The van der Waals surface area contributed by atoms with Crippen molar-refractivity contribution in [1.82, 2.24) is 10.0 Å². The van der Waals surface area contributed by atoms with E-state index in [1.165, 1.54) is 42.5 Å². The van der Waals surface area contributed by atoms with Crippen LogP contribution < -0.4 is 14.8 Å². The van der Waals surface area contributed by atoms with Crippen LogP contribution in [0.3, 0.4) is 0 Å². The van der Waals surface area contributed by atoms with E-state index in [1.807, 2.05) is 0 Å². The molecular formula is C19H20F2N2O4S. The average molecular weight is 410 g/mol. The fraction of sp³-hybridized carbons (Fsp3) is 0.316. The molecule has 0 aliphatic heterocycles. The van der Waals surface area contributed by atoms with E-state index in [0.717, 1.165) is 12.8 Å². The third-order valence-electron chi connectivity index (χ3n) is 4.24. The van der Waals surface area contributed by atoms with E-state index in [2.05, 4.69) is 14.8 Å². The van der Waals surface area contributed by atoms with Crippen LogP contribution in [0, 0.1) is 5.92 Å². The summed E-state index contributed by atoms with van der Waals surface area (Å²) >= 11 is 0. The van der Waals surface area contributed by atoms with Gasteiger partial charge >= 0.3 is 6.61 Å². The molecule has 28 heavy (non-hydrogen) atoms. The number of halogens is 2. The Labute approximate surface area is 162 Å². The molecule has 0 atom stereocenters. The Morgan fingerprint density at radius 1 is 1.14 bits per heavy atom. The highest BCUT2D eigenvalue weighted by Crippen LogP contribution is 2.28. The second-order valence-corrected chi connectivity index (χ2v) is 8.30. The Hall–Kier alpha value is -2.52. The highest BCUT2D eigenvalue weighted by molar-refractivity contribution is 7.89. The van der Waals surface area contributed by atoms with Gasteiger partial charge in [-0.1, -0.05) is 18.2 Å². The Balaban J connectivity index is 1.63. The van der Waals surface area contributed by atoms with Gasteiger partial charge in [-0.2, -0.15) is 8.78 Å². The Kier molecular flexibility index (Phi) is 6.25. The first-order chi connectivity index (χ1) is 13.3. The lowest BCUT2D eigenvalue weighted by Gasteiger charge is -2.10. The summed E-state index contributed by atoms with van der Waals surface area (Å²) in [4.78, 5) is 12.4. The zero-order chi connectivity index (χ0) is 20.1. The van der Waals surface area contributed by atoms with Crippen molar-refractivity contribution in [3.8, 4) is 5.75 Å². The van der Waals surface area contributed by atoms with Crippen molar-refractivity contribution < 1.29 is 26.7 Å². The van der Waals surface area contributed by atoms with Gasteiger partial charge in [-0.15, -0.1) is 0 Å². The molecule has 2 aromatic carbocycles. The third-order valence-corrected chi connectivity index (χ3v) is 5.66. The van der Waals surface area contributed by atoms with Gasteiger partial charge in [0.1, 0.15) is 5.75 Å². The molecular weight excluding hydrogens is 390 g/mol. The Morgan fingerprint density at radius 2 is 1.89 bits per heavy atom. The van der Waals surface area contributed by atoms with Gasteiger partial charge in [0.15, 0.2) is 0 Å². The molecule has 0 spiro atoms. The van der Waals surface area contributed by atoms with Crippen LogP contribution in [0.25, 0.3) is 0 Å². The molecule has 9 heteroatoms. The van der Waals surface area contributed by atoms with Crippen molar-refractivity contribution in [2.24, 2.45) is 5.92 Å². The maximum atomic E-state index is 12.4. The predicted molar refractivity (Wildman–Crippen MR) is 98.6 cm³/mol. The van der Waals surface area contributed by atoms with Crippen molar-refractivity contribution >= 4 is 15.9 Å². The zero-order valence-corrected chi connectivity index (χ0v) is 15.7. The summed E-state index contributed by atoms with van der Waals surface area (Å²) in [7, 11) is -3.67. The van der Waals surface area contributed by atoms with E-state index in [4.69, 9.17) is 0 Å². The van der Waals surface area contributed by atoms with Crippen LogP contribution >= 0.6 is 0 Å². The summed E-state index contributed by atoms with van der Waals surface area (Å²) in [6.45, 7) is -2.45. The highest BCUT2D eigenvalue weighted by atomic mass is 32.2.